The van der Waals surface area contributed by atoms with Crippen molar-refractivity contribution in [3.05, 3.63) is 51.6 Å². The summed E-state index contributed by atoms with van der Waals surface area (Å²) in [6.07, 6.45) is 0. The van der Waals surface area contributed by atoms with E-state index in [9.17, 15) is 0 Å². The molecule has 1 atom stereocenters. The fraction of sp³-hybridized carbons (Fsp3) is 0.0909. The van der Waals surface area contributed by atoms with Crippen LogP contribution in [0.15, 0.2) is 32.5 Å². The van der Waals surface area contributed by atoms with Crippen molar-refractivity contribution in [1.82, 2.24) is 0 Å². The maximum absolute atomic E-state index is 6.45. The van der Waals surface area contributed by atoms with Crippen LogP contribution in [0.3, 0.4) is 0 Å². The van der Waals surface area contributed by atoms with E-state index < -0.39 is 0 Å². The second-order valence-corrected chi connectivity index (χ2v) is 8.57. The molecule has 0 aliphatic heterocycles. The Labute approximate surface area is 144 Å². The number of alkyl halides is 1. The number of thiophene rings is 1. The van der Waals surface area contributed by atoms with Crippen LogP contribution in [-0.2, 0) is 0 Å². The molecule has 0 fully saturated rings. The highest BCUT2D eigenvalue weighted by Crippen LogP contribution is 2.41. The lowest BCUT2D eigenvalue weighted by molar-refractivity contribution is 1.18. The van der Waals surface area contributed by atoms with Crippen LogP contribution in [0.25, 0.3) is 0 Å². The summed E-state index contributed by atoms with van der Waals surface area (Å²) in [5, 5.41) is 0.570. The quantitative estimate of drug-likeness (QED) is 0.296. The Bertz CT molecular complexity index is 537. The molecule has 1 aromatic heterocycles. The van der Waals surface area contributed by atoms with E-state index in [4.69, 9.17) is 23.2 Å². The van der Waals surface area contributed by atoms with Crippen molar-refractivity contribution in [3.63, 3.8) is 0 Å². The Kier molecular flexibility index (Phi) is 5.23. The molecule has 6 heteroatoms. The van der Waals surface area contributed by atoms with Gasteiger partial charge in [0.2, 0.25) is 0 Å². The minimum atomic E-state index is -0.169. The van der Waals surface area contributed by atoms with Gasteiger partial charge in [-0.2, -0.15) is 0 Å². The molecule has 17 heavy (non-hydrogen) atoms. The highest BCUT2D eigenvalue weighted by molar-refractivity contribution is 14.1. The van der Waals surface area contributed by atoms with Crippen molar-refractivity contribution in [2.75, 3.05) is 0 Å². The third kappa shape index (κ3) is 3.39. The van der Waals surface area contributed by atoms with Crippen LogP contribution in [0.1, 0.15) is 15.8 Å². The normalized spacial score (nSPS) is 12.8. The van der Waals surface area contributed by atoms with E-state index in [0.717, 1.165) is 27.3 Å². The molecule has 0 spiro atoms. The molecule has 2 aromatic rings. The third-order valence-electron chi connectivity index (χ3n) is 2.15. The molecule has 90 valence electrons. The molecule has 0 nitrogen and oxygen atoms in total. The maximum atomic E-state index is 6.45. The fourth-order valence-electron chi connectivity index (χ4n) is 1.32. The van der Waals surface area contributed by atoms with Gasteiger partial charge in [-0.1, -0.05) is 17.7 Å². The number of benzene rings is 1. The average Bonchev–Trinajstić information content (AvgIpc) is 2.62. The van der Waals surface area contributed by atoms with Gasteiger partial charge in [0.15, 0.2) is 0 Å². The van der Waals surface area contributed by atoms with Gasteiger partial charge in [-0.15, -0.1) is 22.9 Å². The smallest absolute Gasteiger partial charge is 0.0929 e. The molecule has 1 aromatic carbocycles. The third-order valence-corrected chi connectivity index (χ3v) is 7.66. The van der Waals surface area contributed by atoms with Crippen LogP contribution in [0.4, 0.5) is 0 Å². The van der Waals surface area contributed by atoms with Gasteiger partial charge < -0.3 is 0 Å². The number of rotatable bonds is 2. The first-order valence-corrected chi connectivity index (χ1v) is 8.82. The van der Waals surface area contributed by atoms with E-state index in [1.165, 1.54) is 0 Å². The van der Waals surface area contributed by atoms with Crippen molar-refractivity contribution in [2.45, 2.75) is 5.38 Å². The van der Waals surface area contributed by atoms with Gasteiger partial charge in [-0.05, 0) is 78.2 Å². The van der Waals surface area contributed by atoms with E-state index >= 15 is 0 Å². The second kappa shape index (κ2) is 6.09. The van der Waals surface area contributed by atoms with E-state index in [1.807, 2.05) is 24.3 Å². The molecule has 0 aliphatic rings. The Balaban J connectivity index is 2.36. The summed E-state index contributed by atoms with van der Waals surface area (Å²) in [4.78, 5) is 1.09. The SMILES string of the molecule is Clc1cc(C(Cl)c2cc(Br)c(Br)s2)ccc1I. The molecule has 0 bridgehead atoms. The Hall–Kier alpha value is 1.19. The first kappa shape index (κ1) is 14.6. The van der Waals surface area contributed by atoms with Crippen LogP contribution in [0.2, 0.25) is 5.02 Å². The summed E-state index contributed by atoms with van der Waals surface area (Å²) in [6.45, 7) is 0. The van der Waals surface area contributed by atoms with Crippen molar-refractivity contribution >= 4 is 89.0 Å². The molecule has 1 unspecified atom stereocenters. The van der Waals surface area contributed by atoms with E-state index in [2.05, 4.69) is 54.5 Å². The standard InChI is InChI=1S/C11H5Br2Cl2IS/c12-6-4-9(17-11(6)13)10(15)5-1-2-8(16)7(14)3-5/h1-4,10H. The lowest BCUT2D eigenvalue weighted by Crippen LogP contribution is -1.90. The Morgan fingerprint density at radius 3 is 2.47 bits per heavy atom. The van der Waals surface area contributed by atoms with Gasteiger partial charge in [0.1, 0.15) is 0 Å². The minimum absolute atomic E-state index is 0.169. The zero-order chi connectivity index (χ0) is 12.6. The first-order chi connectivity index (χ1) is 7.99. The molecule has 0 N–H and O–H groups in total. The second-order valence-electron chi connectivity index (χ2n) is 3.31. The topological polar surface area (TPSA) is 0 Å². The minimum Gasteiger partial charge on any atom is -0.130 e. The van der Waals surface area contributed by atoms with Crippen LogP contribution in [0.5, 0.6) is 0 Å². The van der Waals surface area contributed by atoms with Crippen molar-refractivity contribution in [3.8, 4) is 0 Å². The van der Waals surface area contributed by atoms with Crippen LogP contribution < -0.4 is 0 Å². The largest absolute Gasteiger partial charge is 0.130 e. The molecule has 2 rings (SSSR count). The molecular formula is C11H5Br2Cl2IS. The molecular weight excluding hydrogens is 522 g/mol. The summed E-state index contributed by atoms with van der Waals surface area (Å²) in [6, 6.07) is 7.93. The van der Waals surface area contributed by atoms with Crippen molar-refractivity contribution in [1.29, 1.82) is 0 Å². The highest BCUT2D eigenvalue weighted by atomic mass is 127. The van der Waals surface area contributed by atoms with Crippen molar-refractivity contribution in [2.24, 2.45) is 0 Å². The fourth-order valence-corrected chi connectivity index (χ4v) is 4.28. The van der Waals surface area contributed by atoms with Crippen molar-refractivity contribution < 1.29 is 0 Å². The summed E-state index contributed by atoms with van der Waals surface area (Å²) in [5.41, 5.74) is 1.01. The van der Waals surface area contributed by atoms with E-state index in [0.29, 0.717) is 0 Å². The summed E-state index contributed by atoms with van der Waals surface area (Å²) in [7, 11) is 0. The first-order valence-electron chi connectivity index (χ1n) is 4.53. The number of halogens is 5. The average molecular weight is 527 g/mol. The van der Waals surface area contributed by atoms with Gasteiger partial charge in [-0.25, -0.2) is 0 Å². The Morgan fingerprint density at radius 1 is 1.24 bits per heavy atom. The van der Waals surface area contributed by atoms with Crippen LogP contribution in [0, 0.1) is 3.57 Å². The van der Waals surface area contributed by atoms with Gasteiger partial charge in [0, 0.05) is 12.9 Å². The van der Waals surface area contributed by atoms with E-state index in [-0.39, 0.29) is 5.38 Å². The monoisotopic (exact) mass is 524 g/mol. The predicted octanol–water partition coefficient (Wildman–Crippen LogP) is 6.86. The molecule has 0 radical (unpaired) electrons. The molecule has 0 saturated heterocycles. The molecule has 0 saturated carbocycles. The predicted molar refractivity (Wildman–Crippen MR) is 91.6 cm³/mol. The zero-order valence-electron chi connectivity index (χ0n) is 8.18. The summed E-state index contributed by atoms with van der Waals surface area (Å²) in [5.74, 6) is 0. The van der Waals surface area contributed by atoms with Gasteiger partial charge in [0.05, 0.1) is 14.2 Å². The number of hydrogen-bond donors (Lipinski definition) is 0. The van der Waals surface area contributed by atoms with Gasteiger partial charge in [0.25, 0.3) is 0 Å². The molecule has 1 heterocycles. The summed E-state index contributed by atoms with van der Waals surface area (Å²) < 4.78 is 3.11. The Morgan fingerprint density at radius 2 is 1.94 bits per heavy atom. The zero-order valence-corrected chi connectivity index (χ0v) is 15.8. The van der Waals surface area contributed by atoms with Gasteiger partial charge in [-0.3, -0.25) is 0 Å². The highest BCUT2D eigenvalue weighted by Gasteiger charge is 2.16. The maximum Gasteiger partial charge on any atom is 0.0929 e. The van der Waals surface area contributed by atoms with Crippen LogP contribution in [-0.4, -0.2) is 0 Å². The van der Waals surface area contributed by atoms with Gasteiger partial charge >= 0.3 is 0 Å². The molecule has 0 aliphatic carbocycles. The van der Waals surface area contributed by atoms with Crippen LogP contribution >= 0.6 is 89.0 Å². The molecule has 0 amide bonds. The lowest BCUT2D eigenvalue weighted by Gasteiger charge is -2.08. The number of hydrogen-bond acceptors (Lipinski definition) is 1. The summed E-state index contributed by atoms with van der Waals surface area (Å²) >= 11 is 23.3. The lowest BCUT2D eigenvalue weighted by atomic mass is 10.1. The van der Waals surface area contributed by atoms with E-state index in [1.54, 1.807) is 11.3 Å².